The number of hydrogen-bond acceptors (Lipinski definition) is 2. The van der Waals surface area contributed by atoms with E-state index in [-0.39, 0.29) is 10.9 Å². The molecule has 0 aliphatic heterocycles. The summed E-state index contributed by atoms with van der Waals surface area (Å²) in [6.45, 7) is 2.05. The van der Waals surface area contributed by atoms with Gasteiger partial charge in [0.1, 0.15) is 4.99 Å². The fourth-order valence-electron chi connectivity index (χ4n) is 1.38. The van der Waals surface area contributed by atoms with Gasteiger partial charge in [0.15, 0.2) is 0 Å². The first kappa shape index (κ1) is 14.1. The first-order valence-electron chi connectivity index (χ1n) is 5.43. The Balaban J connectivity index is 2.85. The molecule has 0 fully saturated rings. The van der Waals surface area contributed by atoms with E-state index in [9.17, 15) is 4.79 Å². The third kappa shape index (κ3) is 4.44. The normalized spacial score (nSPS) is 10.0. The maximum atomic E-state index is 11.6. The SMILES string of the molecule is CCCCC(=O)Nc1cc(Br)ccc1C(N)=S. The second-order valence-electron chi connectivity index (χ2n) is 3.71. The van der Waals surface area contributed by atoms with Gasteiger partial charge in [-0.2, -0.15) is 0 Å². The van der Waals surface area contributed by atoms with E-state index in [1.54, 1.807) is 12.1 Å². The molecule has 0 unspecified atom stereocenters. The molecule has 0 aliphatic carbocycles. The summed E-state index contributed by atoms with van der Waals surface area (Å²) in [7, 11) is 0. The van der Waals surface area contributed by atoms with Crippen molar-refractivity contribution in [2.75, 3.05) is 5.32 Å². The topological polar surface area (TPSA) is 55.1 Å². The summed E-state index contributed by atoms with van der Waals surface area (Å²) in [4.78, 5) is 11.9. The van der Waals surface area contributed by atoms with E-state index >= 15 is 0 Å². The minimum Gasteiger partial charge on any atom is -0.389 e. The monoisotopic (exact) mass is 314 g/mol. The third-order valence-corrected chi connectivity index (χ3v) is 2.99. The van der Waals surface area contributed by atoms with Crippen molar-refractivity contribution >= 4 is 44.7 Å². The summed E-state index contributed by atoms with van der Waals surface area (Å²) < 4.78 is 0.878. The minimum atomic E-state index is -0.0116. The van der Waals surface area contributed by atoms with Gasteiger partial charge in [-0.1, -0.05) is 41.5 Å². The zero-order chi connectivity index (χ0) is 12.8. The maximum absolute atomic E-state index is 11.6. The molecule has 1 aromatic carbocycles. The van der Waals surface area contributed by atoms with Gasteiger partial charge in [0.25, 0.3) is 0 Å². The van der Waals surface area contributed by atoms with Crippen LogP contribution in [0.2, 0.25) is 0 Å². The summed E-state index contributed by atoms with van der Waals surface area (Å²) >= 11 is 8.30. The lowest BCUT2D eigenvalue weighted by molar-refractivity contribution is -0.116. The standard InChI is InChI=1S/C12H15BrN2OS/c1-2-3-4-11(16)15-10-7-8(13)5-6-9(10)12(14)17/h5-7H,2-4H2,1H3,(H2,14,17)(H,15,16). The summed E-state index contributed by atoms with van der Waals surface area (Å²) in [5.41, 5.74) is 6.95. The van der Waals surface area contributed by atoms with Crippen LogP contribution in [0.25, 0.3) is 0 Å². The fraction of sp³-hybridized carbons (Fsp3) is 0.333. The molecule has 5 heteroatoms. The van der Waals surface area contributed by atoms with Crippen molar-refractivity contribution in [1.82, 2.24) is 0 Å². The Bertz CT molecular complexity index is 435. The molecular formula is C12H15BrN2OS. The third-order valence-electron chi connectivity index (χ3n) is 2.28. The molecule has 3 N–H and O–H groups in total. The van der Waals surface area contributed by atoms with Crippen LogP contribution in [-0.2, 0) is 4.79 Å². The Labute approximate surface area is 115 Å². The summed E-state index contributed by atoms with van der Waals surface area (Å²) in [5.74, 6) is -0.0116. The Kier molecular flexibility index (Phi) is 5.58. The van der Waals surface area contributed by atoms with Gasteiger partial charge >= 0.3 is 0 Å². The maximum Gasteiger partial charge on any atom is 0.224 e. The highest BCUT2D eigenvalue weighted by atomic mass is 79.9. The first-order chi connectivity index (χ1) is 8.04. The quantitative estimate of drug-likeness (QED) is 0.820. The molecule has 0 saturated carbocycles. The predicted molar refractivity (Wildman–Crippen MR) is 78.2 cm³/mol. The molecular weight excluding hydrogens is 300 g/mol. The lowest BCUT2D eigenvalue weighted by Crippen LogP contribution is -2.17. The van der Waals surface area contributed by atoms with Gasteiger partial charge in [-0.15, -0.1) is 0 Å². The van der Waals surface area contributed by atoms with Crippen molar-refractivity contribution in [2.45, 2.75) is 26.2 Å². The summed E-state index contributed by atoms with van der Waals surface area (Å²) in [6.07, 6.45) is 2.39. The second kappa shape index (κ2) is 6.71. The smallest absolute Gasteiger partial charge is 0.224 e. The molecule has 3 nitrogen and oxygen atoms in total. The average Bonchev–Trinajstić information content (AvgIpc) is 2.26. The van der Waals surface area contributed by atoms with Crippen LogP contribution in [0.1, 0.15) is 31.7 Å². The molecule has 1 amide bonds. The minimum absolute atomic E-state index is 0.0116. The molecule has 0 spiro atoms. The summed E-state index contributed by atoms with van der Waals surface area (Å²) in [6, 6.07) is 5.44. The van der Waals surface area contributed by atoms with Gasteiger partial charge in [0.05, 0.1) is 5.69 Å². The van der Waals surface area contributed by atoms with Crippen LogP contribution >= 0.6 is 28.1 Å². The van der Waals surface area contributed by atoms with Crippen molar-refractivity contribution in [2.24, 2.45) is 5.73 Å². The predicted octanol–water partition coefficient (Wildman–Crippen LogP) is 3.21. The molecule has 0 atom stereocenters. The Hall–Kier alpha value is -0.940. The van der Waals surface area contributed by atoms with Gasteiger partial charge in [-0.3, -0.25) is 4.79 Å². The largest absolute Gasteiger partial charge is 0.389 e. The number of rotatable bonds is 5. The van der Waals surface area contributed by atoms with Gasteiger partial charge in [0.2, 0.25) is 5.91 Å². The van der Waals surface area contributed by atoms with Crippen molar-refractivity contribution < 1.29 is 4.79 Å². The number of carbonyl (C=O) groups excluding carboxylic acids is 1. The van der Waals surface area contributed by atoms with E-state index in [2.05, 4.69) is 21.2 Å². The molecule has 92 valence electrons. The number of benzene rings is 1. The highest BCUT2D eigenvalue weighted by Gasteiger charge is 2.09. The Morgan fingerprint density at radius 3 is 2.82 bits per heavy atom. The zero-order valence-electron chi connectivity index (χ0n) is 9.63. The second-order valence-corrected chi connectivity index (χ2v) is 5.06. The van der Waals surface area contributed by atoms with E-state index in [1.165, 1.54) is 0 Å². The lowest BCUT2D eigenvalue weighted by atomic mass is 10.1. The molecule has 0 aromatic heterocycles. The molecule has 1 rings (SSSR count). The van der Waals surface area contributed by atoms with Crippen molar-refractivity contribution in [3.05, 3.63) is 28.2 Å². The molecule has 0 radical (unpaired) electrons. The van der Waals surface area contributed by atoms with Crippen LogP contribution in [0.3, 0.4) is 0 Å². The molecule has 17 heavy (non-hydrogen) atoms. The number of amides is 1. The van der Waals surface area contributed by atoms with Crippen molar-refractivity contribution in [3.8, 4) is 0 Å². The van der Waals surface area contributed by atoms with Gasteiger partial charge in [0, 0.05) is 16.5 Å². The van der Waals surface area contributed by atoms with Crippen LogP contribution in [0.5, 0.6) is 0 Å². The number of nitrogens with one attached hydrogen (secondary N) is 1. The van der Waals surface area contributed by atoms with E-state index in [4.69, 9.17) is 18.0 Å². The molecule has 1 aromatic rings. The number of anilines is 1. The van der Waals surface area contributed by atoms with Crippen molar-refractivity contribution in [1.29, 1.82) is 0 Å². The van der Waals surface area contributed by atoms with E-state index in [0.717, 1.165) is 17.3 Å². The van der Waals surface area contributed by atoms with Crippen LogP contribution in [0.15, 0.2) is 22.7 Å². The molecule has 0 saturated heterocycles. The number of hydrogen-bond donors (Lipinski definition) is 2. The van der Waals surface area contributed by atoms with Crippen LogP contribution in [0, 0.1) is 0 Å². The van der Waals surface area contributed by atoms with Gasteiger partial charge in [-0.25, -0.2) is 0 Å². The first-order valence-corrected chi connectivity index (χ1v) is 6.64. The number of nitrogens with two attached hydrogens (primary N) is 1. The van der Waals surface area contributed by atoms with Crippen LogP contribution in [-0.4, -0.2) is 10.9 Å². The van der Waals surface area contributed by atoms with Crippen LogP contribution < -0.4 is 11.1 Å². The Morgan fingerprint density at radius 2 is 2.24 bits per heavy atom. The number of carbonyl (C=O) groups is 1. The highest BCUT2D eigenvalue weighted by molar-refractivity contribution is 9.10. The summed E-state index contributed by atoms with van der Waals surface area (Å²) in [5, 5.41) is 2.83. The Morgan fingerprint density at radius 1 is 1.53 bits per heavy atom. The van der Waals surface area contributed by atoms with Gasteiger partial charge < -0.3 is 11.1 Å². The van der Waals surface area contributed by atoms with Crippen molar-refractivity contribution in [3.63, 3.8) is 0 Å². The van der Waals surface area contributed by atoms with Crippen LogP contribution in [0.4, 0.5) is 5.69 Å². The molecule has 0 bridgehead atoms. The average molecular weight is 315 g/mol. The lowest BCUT2D eigenvalue weighted by Gasteiger charge is -2.10. The highest BCUT2D eigenvalue weighted by Crippen LogP contribution is 2.21. The van der Waals surface area contributed by atoms with E-state index in [1.807, 2.05) is 13.0 Å². The number of thiocarbonyl (C=S) groups is 1. The molecule has 0 aliphatic rings. The van der Waals surface area contributed by atoms with E-state index < -0.39 is 0 Å². The number of unbranched alkanes of at least 4 members (excludes halogenated alkanes) is 1. The van der Waals surface area contributed by atoms with E-state index in [0.29, 0.717) is 17.7 Å². The zero-order valence-corrected chi connectivity index (χ0v) is 12.0. The number of halogens is 1. The molecule has 0 heterocycles. The van der Waals surface area contributed by atoms with Gasteiger partial charge in [-0.05, 0) is 24.6 Å². The fourth-order valence-corrected chi connectivity index (χ4v) is 1.92.